The zero-order valence-electron chi connectivity index (χ0n) is 32.8. The van der Waals surface area contributed by atoms with Crippen molar-refractivity contribution in [2.45, 2.75) is 75.2 Å². The Morgan fingerprint density at radius 3 is 2.17 bits per heavy atom. The number of benzene rings is 3. The molecule has 5 rings (SSSR count). The Morgan fingerprint density at radius 1 is 0.797 bits per heavy atom. The molecule has 16 heteroatoms. The minimum Gasteiger partial charge on any atom is -0.508 e. The number of carbonyl (C=O) groups excluding carboxylic acids is 6. The highest BCUT2D eigenvalue weighted by molar-refractivity contribution is 6.38. The molecule has 16 nitrogen and oxygen atoms in total. The molecule has 2 aliphatic rings. The number of fused-ring (bicyclic) bond motifs is 1. The lowest BCUT2D eigenvalue weighted by molar-refractivity contribution is -0.143. The molecule has 1 unspecified atom stereocenters. The van der Waals surface area contributed by atoms with Gasteiger partial charge < -0.3 is 48.1 Å². The van der Waals surface area contributed by atoms with Crippen LogP contribution >= 0.6 is 0 Å². The van der Waals surface area contributed by atoms with Gasteiger partial charge in [0.2, 0.25) is 29.4 Å². The predicted molar refractivity (Wildman–Crippen MR) is 221 cm³/mol. The van der Waals surface area contributed by atoms with Crippen molar-refractivity contribution in [1.29, 1.82) is 0 Å². The van der Waals surface area contributed by atoms with Crippen LogP contribution in [0.25, 0.3) is 0 Å². The van der Waals surface area contributed by atoms with Crippen LogP contribution in [0, 0.1) is 0 Å². The highest BCUT2D eigenvalue weighted by Crippen LogP contribution is 2.20. The number of amides is 5. The number of phenolic OH excluding ortho intramolecular Hbond substituents is 1. The fraction of sp³-hybridized carbons (Fsp3) is 0.372. The molecule has 3 aromatic rings. The predicted octanol–water partition coefficient (Wildman–Crippen LogP) is 0.132. The number of Topliss-reactive ketones (excluding diaryl/α,β-unsaturated/α-hetero) is 1. The van der Waals surface area contributed by atoms with Crippen LogP contribution in [-0.2, 0) is 48.0 Å². The molecular weight excluding hydrogens is 755 g/mol. The summed E-state index contributed by atoms with van der Waals surface area (Å²) in [6.07, 6.45) is 4.61. The van der Waals surface area contributed by atoms with Crippen LogP contribution in [0.3, 0.4) is 0 Å². The Morgan fingerprint density at radius 2 is 1.47 bits per heavy atom. The number of hydrogen-bond donors (Lipinski definition) is 8. The van der Waals surface area contributed by atoms with Gasteiger partial charge in [0.05, 0.1) is 12.1 Å². The Hall–Kier alpha value is -6.55. The third-order valence-corrected chi connectivity index (χ3v) is 10.2. The number of nitrogens with zero attached hydrogens (tertiary/aromatic N) is 2. The van der Waals surface area contributed by atoms with Crippen molar-refractivity contribution in [2.24, 2.45) is 16.5 Å². The first-order valence-corrected chi connectivity index (χ1v) is 19.8. The number of rotatable bonds is 12. The molecule has 2 aliphatic heterocycles. The van der Waals surface area contributed by atoms with Gasteiger partial charge in [0.25, 0.3) is 5.91 Å². The number of aliphatic imine (C=N–C) groups is 1. The minimum absolute atomic E-state index is 0.0137. The van der Waals surface area contributed by atoms with Gasteiger partial charge in [-0.3, -0.25) is 33.8 Å². The van der Waals surface area contributed by atoms with E-state index in [-0.39, 0.29) is 57.0 Å². The molecule has 0 saturated carbocycles. The lowest BCUT2D eigenvalue weighted by atomic mass is 10.0. The molecule has 5 atom stereocenters. The molecule has 10 N–H and O–H groups in total. The summed E-state index contributed by atoms with van der Waals surface area (Å²) in [6, 6.07) is 19.7. The fourth-order valence-electron chi connectivity index (χ4n) is 7.07. The quantitative estimate of drug-likeness (QED) is 0.0532. The van der Waals surface area contributed by atoms with E-state index >= 15 is 0 Å². The second-order valence-corrected chi connectivity index (χ2v) is 14.6. The molecule has 2 heterocycles. The van der Waals surface area contributed by atoms with Gasteiger partial charge in [0, 0.05) is 32.1 Å². The standard InChI is InChI=1S/C43H53N9O7/c44-43(45)47-22-7-13-33-38(55)41(58)51-34(26-29-11-5-2-6-12-29)39(56)49-31(25-30-15-18-32(53)19-16-30)17-20-37(54)48-27-35(46-23-21-28-9-3-1-4-10-28)42(59)52-24-8-14-36(52)40(57)50-33/h1-6,9-12,15-20,31,33-36,46,53H,7-8,13-14,21-27H2,(H,48,54)(H,49,56)(H,50,57)(H,51,58)(H4,44,45,47)/b20-17+/t31-,33+,34-,35+,36?/m1/s1. The first-order chi connectivity index (χ1) is 28.5. The van der Waals surface area contributed by atoms with Crippen molar-refractivity contribution >= 4 is 41.3 Å². The molecule has 3 aromatic carbocycles. The zero-order chi connectivity index (χ0) is 42.1. The van der Waals surface area contributed by atoms with E-state index in [0.717, 1.165) is 11.1 Å². The summed E-state index contributed by atoms with van der Waals surface area (Å²) >= 11 is 0. The van der Waals surface area contributed by atoms with E-state index in [4.69, 9.17) is 11.5 Å². The number of carbonyl (C=O) groups is 6. The molecule has 5 amide bonds. The van der Waals surface area contributed by atoms with Gasteiger partial charge in [-0.25, -0.2) is 0 Å². The van der Waals surface area contributed by atoms with Gasteiger partial charge in [-0.05, 0) is 73.9 Å². The second-order valence-electron chi connectivity index (χ2n) is 14.6. The van der Waals surface area contributed by atoms with Gasteiger partial charge in [-0.15, -0.1) is 0 Å². The van der Waals surface area contributed by atoms with Crippen molar-refractivity contribution in [3.63, 3.8) is 0 Å². The molecule has 0 aliphatic carbocycles. The van der Waals surface area contributed by atoms with Crippen LogP contribution in [-0.4, -0.2) is 108 Å². The highest BCUT2D eigenvalue weighted by Gasteiger charge is 2.39. The van der Waals surface area contributed by atoms with Gasteiger partial charge in [0.1, 0.15) is 23.9 Å². The van der Waals surface area contributed by atoms with Gasteiger partial charge in [-0.1, -0.05) is 78.9 Å². The minimum atomic E-state index is -1.33. The average Bonchev–Trinajstić information content (AvgIpc) is 3.73. The third-order valence-electron chi connectivity index (χ3n) is 10.2. The Balaban J connectivity index is 1.48. The molecule has 0 aromatic heterocycles. The summed E-state index contributed by atoms with van der Waals surface area (Å²) in [5.41, 5.74) is 13.4. The monoisotopic (exact) mass is 807 g/mol. The molecule has 312 valence electrons. The first kappa shape index (κ1) is 43.6. The van der Waals surface area contributed by atoms with Crippen LogP contribution in [0.15, 0.2) is 102 Å². The van der Waals surface area contributed by atoms with Gasteiger partial charge in [-0.2, -0.15) is 0 Å². The van der Waals surface area contributed by atoms with Crippen LogP contribution in [0.1, 0.15) is 42.4 Å². The number of nitrogens with one attached hydrogen (secondary N) is 5. The molecule has 0 radical (unpaired) electrons. The Labute approximate surface area is 343 Å². The summed E-state index contributed by atoms with van der Waals surface area (Å²) in [5.74, 6) is -4.39. The third kappa shape index (κ3) is 13.5. The lowest BCUT2D eigenvalue weighted by Crippen LogP contribution is -2.58. The number of ketones is 1. The number of hydrogen-bond acceptors (Lipinski definition) is 9. The summed E-state index contributed by atoms with van der Waals surface area (Å²) in [5, 5.41) is 24.1. The maximum Gasteiger partial charge on any atom is 0.290 e. The molecular formula is C43H53N9O7. The zero-order valence-corrected chi connectivity index (χ0v) is 32.8. The van der Waals surface area contributed by atoms with E-state index in [2.05, 4.69) is 31.6 Å². The van der Waals surface area contributed by atoms with E-state index < -0.39 is 65.5 Å². The summed E-state index contributed by atoms with van der Waals surface area (Å²) < 4.78 is 0. The molecule has 59 heavy (non-hydrogen) atoms. The summed E-state index contributed by atoms with van der Waals surface area (Å²) in [6.45, 7) is 0.664. The SMILES string of the molecule is NC(N)=NCCC[C@@H]1NC(=O)C2CCCN2C(=O)[C@@H](NCCc2ccccc2)CNC(=O)/C=C/[C@H](Cc2ccc(O)cc2)NC(=O)[C@@H](Cc2ccccc2)NC(=O)C1=O. The molecule has 1 saturated heterocycles. The number of phenols is 1. The number of nitrogens with two attached hydrogens (primary N) is 2. The van der Waals surface area contributed by atoms with Crippen LogP contribution in [0.5, 0.6) is 5.75 Å². The molecule has 0 bridgehead atoms. The largest absolute Gasteiger partial charge is 0.508 e. The van der Waals surface area contributed by atoms with Crippen molar-refractivity contribution in [2.75, 3.05) is 26.2 Å². The van der Waals surface area contributed by atoms with Crippen molar-refractivity contribution in [1.82, 2.24) is 31.5 Å². The average molecular weight is 808 g/mol. The van der Waals surface area contributed by atoms with Crippen molar-refractivity contribution in [3.05, 3.63) is 114 Å². The second kappa shape index (κ2) is 21.8. The number of guanidine groups is 1. The van der Waals surface area contributed by atoms with Crippen molar-refractivity contribution < 1.29 is 33.9 Å². The van der Waals surface area contributed by atoms with E-state index in [1.165, 1.54) is 29.2 Å². The maximum absolute atomic E-state index is 14.2. The summed E-state index contributed by atoms with van der Waals surface area (Å²) in [7, 11) is 0. The molecule has 1 fully saturated rings. The first-order valence-electron chi connectivity index (χ1n) is 19.8. The van der Waals surface area contributed by atoms with E-state index in [0.29, 0.717) is 31.4 Å². The summed E-state index contributed by atoms with van der Waals surface area (Å²) in [4.78, 5) is 88.8. The number of aromatic hydroxyl groups is 1. The van der Waals surface area contributed by atoms with Crippen LogP contribution < -0.4 is 38.1 Å². The maximum atomic E-state index is 14.2. The smallest absolute Gasteiger partial charge is 0.290 e. The van der Waals surface area contributed by atoms with Crippen LogP contribution in [0.2, 0.25) is 0 Å². The van der Waals surface area contributed by atoms with E-state index in [1.54, 1.807) is 42.5 Å². The van der Waals surface area contributed by atoms with Gasteiger partial charge >= 0.3 is 0 Å². The van der Waals surface area contributed by atoms with E-state index in [1.807, 2.05) is 30.3 Å². The normalized spacial score (nSPS) is 22.7. The van der Waals surface area contributed by atoms with Crippen LogP contribution in [0.4, 0.5) is 0 Å². The highest BCUT2D eigenvalue weighted by atomic mass is 16.3. The topological polar surface area (TPSA) is 250 Å². The fourth-order valence-corrected chi connectivity index (χ4v) is 7.07. The molecule has 0 spiro atoms. The van der Waals surface area contributed by atoms with Gasteiger partial charge in [0.15, 0.2) is 5.96 Å². The Bertz CT molecular complexity index is 1970. The lowest BCUT2D eigenvalue weighted by Gasteiger charge is -2.30. The van der Waals surface area contributed by atoms with Crippen molar-refractivity contribution in [3.8, 4) is 5.75 Å². The Kier molecular flexibility index (Phi) is 16.1. The van der Waals surface area contributed by atoms with E-state index in [9.17, 15) is 33.9 Å².